The molecular formula is C14H16N2O3S. The molecule has 0 aliphatic rings. The van der Waals surface area contributed by atoms with Crippen molar-refractivity contribution in [2.24, 2.45) is 0 Å². The van der Waals surface area contributed by atoms with E-state index in [0.717, 1.165) is 16.4 Å². The maximum atomic E-state index is 11.4. The van der Waals surface area contributed by atoms with Gasteiger partial charge in [0.15, 0.2) is 10.8 Å². The molecule has 0 N–H and O–H groups in total. The summed E-state index contributed by atoms with van der Waals surface area (Å²) in [5.41, 5.74) is 1.48. The molecule has 0 saturated carbocycles. The number of carbonyl (C=O) groups excluding carboxylic acids is 1. The van der Waals surface area contributed by atoms with E-state index in [1.165, 1.54) is 18.4 Å². The summed E-state index contributed by atoms with van der Waals surface area (Å²) >= 11 is 1.42. The number of benzene rings is 1. The zero-order valence-electron chi connectivity index (χ0n) is 11.6. The molecule has 1 heterocycles. The number of thiazole rings is 1. The van der Waals surface area contributed by atoms with Crippen LogP contribution in [0.2, 0.25) is 0 Å². The van der Waals surface area contributed by atoms with Gasteiger partial charge < -0.3 is 14.4 Å². The Kier molecular flexibility index (Phi) is 4.57. The molecular weight excluding hydrogens is 276 g/mol. The molecule has 1 aromatic carbocycles. The van der Waals surface area contributed by atoms with E-state index in [1.54, 1.807) is 12.5 Å². The van der Waals surface area contributed by atoms with E-state index in [-0.39, 0.29) is 0 Å². The van der Waals surface area contributed by atoms with Crippen LogP contribution in [0.15, 0.2) is 29.6 Å². The van der Waals surface area contributed by atoms with Crippen molar-refractivity contribution in [3.05, 3.63) is 40.9 Å². The first-order chi connectivity index (χ1) is 9.63. The zero-order chi connectivity index (χ0) is 14.5. The number of aromatic nitrogens is 1. The number of rotatable bonds is 5. The summed E-state index contributed by atoms with van der Waals surface area (Å²) < 4.78 is 9.77. The first-order valence-corrected chi connectivity index (χ1v) is 6.90. The lowest BCUT2D eigenvalue weighted by Gasteiger charge is -2.15. The van der Waals surface area contributed by atoms with Crippen molar-refractivity contribution in [2.75, 3.05) is 26.2 Å². The highest BCUT2D eigenvalue weighted by Crippen LogP contribution is 2.22. The predicted molar refractivity (Wildman–Crippen MR) is 78.6 cm³/mol. The Balaban J connectivity index is 2.05. The van der Waals surface area contributed by atoms with Crippen molar-refractivity contribution in [2.45, 2.75) is 6.54 Å². The van der Waals surface area contributed by atoms with Gasteiger partial charge in [-0.05, 0) is 17.7 Å². The molecule has 0 radical (unpaired) electrons. The van der Waals surface area contributed by atoms with Crippen LogP contribution in [-0.4, -0.2) is 32.2 Å². The topological polar surface area (TPSA) is 51.7 Å². The first-order valence-electron chi connectivity index (χ1n) is 6.02. The van der Waals surface area contributed by atoms with Crippen LogP contribution in [0.25, 0.3) is 0 Å². The number of esters is 1. The van der Waals surface area contributed by atoms with Gasteiger partial charge in [0.25, 0.3) is 0 Å². The lowest BCUT2D eigenvalue weighted by Crippen LogP contribution is -2.16. The average molecular weight is 292 g/mol. The van der Waals surface area contributed by atoms with Crippen molar-refractivity contribution in [3.63, 3.8) is 0 Å². The molecule has 0 spiro atoms. The van der Waals surface area contributed by atoms with Gasteiger partial charge in [-0.1, -0.05) is 12.1 Å². The zero-order valence-corrected chi connectivity index (χ0v) is 12.4. The highest BCUT2D eigenvalue weighted by Gasteiger charge is 2.13. The number of methoxy groups -OCH3 is 2. The second-order valence-corrected chi connectivity index (χ2v) is 5.05. The Labute approximate surface area is 121 Å². The Hall–Kier alpha value is -2.08. The molecule has 0 fully saturated rings. The molecule has 2 rings (SSSR count). The molecule has 5 nitrogen and oxygen atoms in total. The van der Waals surface area contributed by atoms with E-state index in [4.69, 9.17) is 4.74 Å². The standard InChI is InChI=1S/C14H16N2O3S/c1-16(8-10-4-6-11(18-2)7-5-10)14-15-12(9-20-14)13(17)19-3/h4-7,9H,8H2,1-3H3. The van der Waals surface area contributed by atoms with E-state index < -0.39 is 5.97 Å². The van der Waals surface area contributed by atoms with Crippen molar-refractivity contribution >= 4 is 22.4 Å². The Morgan fingerprint density at radius 1 is 1.30 bits per heavy atom. The van der Waals surface area contributed by atoms with Gasteiger partial charge in [-0.2, -0.15) is 0 Å². The van der Waals surface area contributed by atoms with Gasteiger partial charge >= 0.3 is 5.97 Å². The summed E-state index contributed by atoms with van der Waals surface area (Å²) in [4.78, 5) is 17.6. The fourth-order valence-corrected chi connectivity index (χ4v) is 2.47. The third kappa shape index (κ3) is 3.27. The van der Waals surface area contributed by atoms with E-state index in [1.807, 2.05) is 36.2 Å². The summed E-state index contributed by atoms with van der Waals surface area (Å²) in [7, 11) is 4.93. The molecule has 106 valence electrons. The van der Waals surface area contributed by atoms with E-state index in [0.29, 0.717) is 12.2 Å². The SMILES string of the molecule is COC(=O)c1csc(N(C)Cc2ccc(OC)cc2)n1. The fraction of sp³-hybridized carbons (Fsp3) is 0.286. The molecule has 0 saturated heterocycles. The summed E-state index contributed by atoms with van der Waals surface area (Å²) in [6, 6.07) is 7.85. The highest BCUT2D eigenvalue weighted by molar-refractivity contribution is 7.13. The first kappa shape index (κ1) is 14.3. The van der Waals surface area contributed by atoms with Gasteiger partial charge in [0.2, 0.25) is 0 Å². The van der Waals surface area contributed by atoms with Gasteiger partial charge in [0, 0.05) is 19.0 Å². The van der Waals surface area contributed by atoms with Crippen LogP contribution < -0.4 is 9.64 Å². The van der Waals surface area contributed by atoms with Gasteiger partial charge in [0.1, 0.15) is 5.75 Å². The number of hydrogen-bond donors (Lipinski definition) is 0. The van der Waals surface area contributed by atoms with Crippen molar-refractivity contribution in [1.29, 1.82) is 0 Å². The van der Waals surface area contributed by atoms with Crippen LogP contribution in [-0.2, 0) is 11.3 Å². The summed E-state index contributed by atoms with van der Waals surface area (Å²) in [5, 5.41) is 2.48. The Morgan fingerprint density at radius 3 is 2.60 bits per heavy atom. The molecule has 0 aliphatic heterocycles. The van der Waals surface area contributed by atoms with Crippen LogP contribution in [0.5, 0.6) is 5.75 Å². The molecule has 6 heteroatoms. The minimum Gasteiger partial charge on any atom is -0.497 e. The van der Waals surface area contributed by atoms with Gasteiger partial charge in [0.05, 0.1) is 14.2 Å². The number of nitrogens with zero attached hydrogens (tertiary/aromatic N) is 2. The molecule has 0 aliphatic carbocycles. The second kappa shape index (κ2) is 6.38. The quantitative estimate of drug-likeness (QED) is 0.793. The van der Waals surface area contributed by atoms with E-state index >= 15 is 0 Å². The average Bonchev–Trinajstić information content (AvgIpc) is 2.97. The number of ether oxygens (including phenoxy) is 2. The smallest absolute Gasteiger partial charge is 0.357 e. The van der Waals surface area contributed by atoms with Crippen molar-refractivity contribution in [1.82, 2.24) is 4.98 Å². The van der Waals surface area contributed by atoms with E-state index in [2.05, 4.69) is 9.72 Å². The molecule has 2 aromatic rings. The molecule has 20 heavy (non-hydrogen) atoms. The van der Waals surface area contributed by atoms with E-state index in [9.17, 15) is 4.79 Å². The number of hydrogen-bond acceptors (Lipinski definition) is 6. The summed E-state index contributed by atoms with van der Waals surface area (Å²) in [5.74, 6) is 0.420. The minimum atomic E-state index is -0.412. The lowest BCUT2D eigenvalue weighted by atomic mass is 10.2. The van der Waals surface area contributed by atoms with Gasteiger partial charge in [-0.25, -0.2) is 9.78 Å². The fourth-order valence-electron chi connectivity index (χ4n) is 1.71. The Morgan fingerprint density at radius 2 is 2.00 bits per heavy atom. The largest absolute Gasteiger partial charge is 0.497 e. The Bertz CT molecular complexity index is 580. The second-order valence-electron chi connectivity index (χ2n) is 4.21. The van der Waals surface area contributed by atoms with Gasteiger partial charge in [-0.15, -0.1) is 11.3 Å². The molecule has 0 unspecified atom stereocenters. The minimum absolute atomic E-state index is 0.342. The molecule has 0 amide bonds. The van der Waals surface area contributed by atoms with Crippen molar-refractivity contribution in [3.8, 4) is 5.75 Å². The molecule has 0 atom stereocenters. The van der Waals surface area contributed by atoms with Crippen LogP contribution >= 0.6 is 11.3 Å². The maximum absolute atomic E-state index is 11.4. The normalized spacial score (nSPS) is 10.2. The maximum Gasteiger partial charge on any atom is 0.357 e. The monoisotopic (exact) mass is 292 g/mol. The van der Waals surface area contributed by atoms with Crippen LogP contribution in [0.1, 0.15) is 16.1 Å². The van der Waals surface area contributed by atoms with Crippen molar-refractivity contribution < 1.29 is 14.3 Å². The summed E-state index contributed by atoms with van der Waals surface area (Å²) in [6.07, 6.45) is 0. The van der Waals surface area contributed by atoms with Crippen LogP contribution in [0, 0.1) is 0 Å². The highest BCUT2D eigenvalue weighted by atomic mass is 32.1. The predicted octanol–water partition coefficient (Wildman–Crippen LogP) is 2.57. The van der Waals surface area contributed by atoms with Crippen LogP contribution in [0.3, 0.4) is 0 Å². The molecule has 1 aromatic heterocycles. The van der Waals surface area contributed by atoms with Crippen LogP contribution in [0.4, 0.5) is 5.13 Å². The third-order valence-corrected chi connectivity index (χ3v) is 3.75. The molecule has 0 bridgehead atoms. The van der Waals surface area contributed by atoms with Gasteiger partial charge in [-0.3, -0.25) is 0 Å². The number of anilines is 1. The number of carbonyl (C=O) groups is 1. The summed E-state index contributed by atoms with van der Waals surface area (Å²) in [6.45, 7) is 0.706. The lowest BCUT2D eigenvalue weighted by molar-refractivity contribution is 0.0595. The third-order valence-electron chi connectivity index (χ3n) is 2.79.